The van der Waals surface area contributed by atoms with E-state index in [1.54, 1.807) is 12.3 Å². The molecule has 2 heterocycles. The van der Waals surface area contributed by atoms with Gasteiger partial charge >= 0.3 is 6.09 Å². The van der Waals surface area contributed by atoms with E-state index in [4.69, 9.17) is 0 Å². The van der Waals surface area contributed by atoms with Gasteiger partial charge in [-0.1, -0.05) is 12.8 Å². The van der Waals surface area contributed by atoms with Crippen LogP contribution in [0.3, 0.4) is 0 Å². The summed E-state index contributed by atoms with van der Waals surface area (Å²) in [6.07, 6.45) is 2.85. The van der Waals surface area contributed by atoms with Crippen molar-refractivity contribution >= 4 is 44.3 Å². The quantitative estimate of drug-likeness (QED) is 0.654. The molecular formula is C21H25N3O6S2. The van der Waals surface area contributed by atoms with Crippen molar-refractivity contribution < 1.29 is 27.5 Å². The molecule has 0 bridgehead atoms. The Morgan fingerprint density at radius 2 is 1.66 bits per heavy atom. The minimum Gasteiger partial charge on any atom is -0.450 e. The number of amides is 3. The zero-order valence-electron chi connectivity index (χ0n) is 17.6. The zero-order chi connectivity index (χ0) is 23.1. The largest absolute Gasteiger partial charge is 0.450 e. The second-order valence-electron chi connectivity index (χ2n) is 7.13. The van der Waals surface area contributed by atoms with Crippen LogP contribution in [-0.2, 0) is 14.8 Å². The van der Waals surface area contributed by atoms with Gasteiger partial charge in [0.05, 0.1) is 17.1 Å². The summed E-state index contributed by atoms with van der Waals surface area (Å²) in [5, 5.41) is 6.58. The fraction of sp³-hybridized carbons (Fsp3) is 0.381. The molecular weight excluding hydrogens is 454 g/mol. The first kappa shape index (κ1) is 23.9. The van der Waals surface area contributed by atoms with Crippen molar-refractivity contribution in [3.05, 3.63) is 46.8 Å². The first-order valence-electron chi connectivity index (χ1n) is 10.3. The number of carbonyl (C=O) groups is 3. The highest BCUT2D eigenvalue weighted by Gasteiger charge is 2.25. The molecule has 2 aromatic rings. The normalized spacial score (nSPS) is 14.9. The molecule has 32 heavy (non-hydrogen) atoms. The zero-order valence-corrected chi connectivity index (χ0v) is 19.3. The van der Waals surface area contributed by atoms with Gasteiger partial charge in [0.2, 0.25) is 10.0 Å². The van der Waals surface area contributed by atoms with Crippen LogP contribution in [-0.4, -0.2) is 50.3 Å². The lowest BCUT2D eigenvalue weighted by atomic mass is 10.2. The van der Waals surface area contributed by atoms with E-state index in [1.807, 2.05) is 0 Å². The summed E-state index contributed by atoms with van der Waals surface area (Å²) in [4.78, 5) is 36.5. The fourth-order valence-corrected chi connectivity index (χ4v) is 5.59. The minimum absolute atomic E-state index is 0.121. The number of benzene rings is 1. The lowest BCUT2D eigenvalue weighted by Crippen LogP contribution is -2.32. The van der Waals surface area contributed by atoms with Crippen molar-refractivity contribution in [1.29, 1.82) is 0 Å². The molecule has 1 aromatic carbocycles. The molecule has 0 radical (unpaired) electrons. The van der Waals surface area contributed by atoms with Crippen molar-refractivity contribution in [1.82, 2.24) is 9.62 Å². The van der Waals surface area contributed by atoms with Gasteiger partial charge in [0, 0.05) is 18.7 Å². The molecule has 0 saturated carbocycles. The molecule has 1 aliphatic heterocycles. The maximum atomic E-state index is 12.9. The lowest BCUT2D eigenvalue weighted by Gasteiger charge is -2.20. The third-order valence-corrected chi connectivity index (χ3v) is 7.69. The van der Waals surface area contributed by atoms with Crippen LogP contribution in [0.1, 0.15) is 53.3 Å². The van der Waals surface area contributed by atoms with Crippen LogP contribution in [0.25, 0.3) is 0 Å². The number of rotatable bonds is 6. The molecule has 172 valence electrons. The number of nitrogens with zero attached hydrogens (tertiary/aromatic N) is 1. The van der Waals surface area contributed by atoms with E-state index < -0.39 is 27.9 Å². The summed E-state index contributed by atoms with van der Waals surface area (Å²) in [7, 11) is -3.61. The second kappa shape index (κ2) is 10.7. The fourth-order valence-electron chi connectivity index (χ4n) is 3.30. The average molecular weight is 480 g/mol. The van der Waals surface area contributed by atoms with Gasteiger partial charge in [-0.05, 0) is 55.5 Å². The predicted molar refractivity (Wildman–Crippen MR) is 120 cm³/mol. The molecule has 0 aliphatic carbocycles. The van der Waals surface area contributed by atoms with E-state index >= 15 is 0 Å². The van der Waals surface area contributed by atoms with Crippen LogP contribution in [0, 0.1) is 0 Å². The van der Waals surface area contributed by atoms with Crippen molar-refractivity contribution in [2.24, 2.45) is 0 Å². The summed E-state index contributed by atoms with van der Waals surface area (Å²) in [5.41, 5.74) is 0.363. The highest BCUT2D eigenvalue weighted by molar-refractivity contribution is 7.89. The predicted octanol–water partition coefficient (Wildman–Crippen LogP) is 3.45. The molecule has 1 saturated heterocycles. The minimum atomic E-state index is -3.61. The number of hydrogen-bond donors (Lipinski definition) is 2. The monoisotopic (exact) mass is 479 g/mol. The van der Waals surface area contributed by atoms with Gasteiger partial charge in [0.25, 0.3) is 11.8 Å². The Morgan fingerprint density at radius 1 is 1.00 bits per heavy atom. The molecule has 0 unspecified atom stereocenters. The van der Waals surface area contributed by atoms with Crippen LogP contribution in [0.2, 0.25) is 0 Å². The highest BCUT2D eigenvalue weighted by atomic mass is 32.2. The molecule has 0 spiro atoms. The van der Waals surface area contributed by atoms with E-state index in [2.05, 4.69) is 15.4 Å². The maximum Gasteiger partial charge on any atom is 0.414 e. The second-order valence-corrected chi connectivity index (χ2v) is 9.99. The van der Waals surface area contributed by atoms with E-state index in [-0.39, 0.29) is 27.6 Å². The van der Waals surface area contributed by atoms with Crippen molar-refractivity contribution in [2.45, 2.75) is 37.5 Å². The third-order valence-electron chi connectivity index (χ3n) is 4.95. The third kappa shape index (κ3) is 5.72. The summed E-state index contributed by atoms with van der Waals surface area (Å²) in [6.45, 7) is 2.74. The Morgan fingerprint density at radius 3 is 2.28 bits per heavy atom. The lowest BCUT2D eigenvalue weighted by molar-refractivity contribution is 0.0926. The number of thiophene rings is 1. The molecule has 1 aliphatic rings. The Bertz CT molecular complexity index is 1070. The van der Waals surface area contributed by atoms with Crippen LogP contribution in [0.4, 0.5) is 9.80 Å². The number of imide groups is 1. The van der Waals surface area contributed by atoms with Crippen molar-refractivity contribution in [3.63, 3.8) is 0 Å². The van der Waals surface area contributed by atoms with Gasteiger partial charge < -0.3 is 10.1 Å². The van der Waals surface area contributed by atoms with Crippen molar-refractivity contribution in [2.75, 3.05) is 25.0 Å². The molecule has 1 fully saturated rings. The number of carbonyl (C=O) groups excluding carboxylic acids is 3. The standard InChI is InChI=1S/C21H25N3O6S2/c1-2-30-21(27)23-19(26)17-11-14-31-20(17)22-18(25)15-7-9-16(10-8-15)32(28,29)24-12-5-3-4-6-13-24/h7-11,14H,2-6,12-13H2,1H3,(H,22,25)(H,23,26,27). The Labute approximate surface area is 190 Å². The van der Waals surface area contributed by atoms with Gasteiger partial charge in [-0.15, -0.1) is 11.3 Å². The van der Waals surface area contributed by atoms with Crippen LogP contribution in [0.5, 0.6) is 0 Å². The molecule has 0 atom stereocenters. The van der Waals surface area contributed by atoms with Gasteiger partial charge in [0.15, 0.2) is 0 Å². The summed E-state index contributed by atoms with van der Waals surface area (Å²) >= 11 is 1.12. The molecule has 9 nitrogen and oxygen atoms in total. The van der Waals surface area contributed by atoms with E-state index in [0.29, 0.717) is 13.1 Å². The van der Waals surface area contributed by atoms with Gasteiger partial charge in [-0.3, -0.25) is 14.9 Å². The number of ether oxygens (including phenoxy) is 1. The topological polar surface area (TPSA) is 122 Å². The Kier molecular flexibility index (Phi) is 7.99. The molecule has 2 N–H and O–H groups in total. The Hall–Kier alpha value is -2.76. The van der Waals surface area contributed by atoms with E-state index in [0.717, 1.165) is 37.0 Å². The first-order valence-corrected chi connectivity index (χ1v) is 12.6. The summed E-state index contributed by atoms with van der Waals surface area (Å²) in [5.74, 6) is -1.20. The summed E-state index contributed by atoms with van der Waals surface area (Å²) < 4.78 is 31.9. The number of hydrogen-bond acceptors (Lipinski definition) is 7. The van der Waals surface area contributed by atoms with Crippen LogP contribution < -0.4 is 10.6 Å². The number of nitrogens with one attached hydrogen (secondary N) is 2. The van der Waals surface area contributed by atoms with E-state index in [1.165, 1.54) is 34.6 Å². The van der Waals surface area contributed by atoms with Crippen LogP contribution in [0.15, 0.2) is 40.6 Å². The maximum absolute atomic E-state index is 12.9. The van der Waals surface area contributed by atoms with Gasteiger partial charge in [-0.25, -0.2) is 13.2 Å². The molecule has 11 heteroatoms. The molecule has 3 rings (SSSR count). The van der Waals surface area contributed by atoms with E-state index in [9.17, 15) is 22.8 Å². The SMILES string of the molecule is CCOC(=O)NC(=O)c1ccsc1NC(=O)c1ccc(S(=O)(=O)N2CCCCCC2)cc1. The smallest absolute Gasteiger partial charge is 0.414 e. The molecule has 3 amide bonds. The number of anilines is 1. The average Bonchev–Trinajstić information content (AvgIpc) is 3.04. The highest BCUT2D eigenvalue weighted by Crippen LogP contribution is 2.25. The van der Waals surface area contributed by atoms with Gasteiger partial charge in [-0.2, -0.15) is 4.31 Å². The summed E-state index contributed by atoms with van der Waals surface area (Å²) in [6, 6.07) is 7.18. The Balaban J connectivity index is 1.69. The number of sulfonamides is 1. The first-order chi connectivity index (χ1) is 15.3. The molecule has 1 aromatic heterocycles. The van der Waals surface area contributed by atoms with Crippen molar-refractivity contribution in [3.8, 4) is 0 Å². The van der Waals surface area contributed by atoms with Crippen LogP contribution >= 0.6 is 11.3 Å². The van der Waals surface area contributed by atoms with Gasteiger partial charge in [0.1, 0.15) is 5.00 Å². The number of alkyl carbamates (subject to hydrolysis) is 1.